The van der Waals surface area contributed by atoms with Gasteiger partial charge in [-0.2, -0.15) is 5.26 Å². The predicted octanol–water partition coefficient (Wildman–Crippen LogP) is 5.70. The maximum atomic E-state index is 12.8. The second-order valence-electron chi connectivity index (χ2n) is 7.52. The van der Waals surface area contributed by atoms with Crippen molar-refractivity contribution in [3.63, 3.8) is 0 Å². The van der Waals surface area contributed by atoms with Gasteiger partial charge in [-0.25, -0.2) is 4.98 Å². The highest BCUT2D eigenvalue weighted by Gasteiger charge is 2.21. The monoisotopic (exact) mass is 443 g/mol. The minimum atomic E-state index is -0.433. The van der Waals surface area contributed by atoms with E-state index in [4.69, 9.17) is 21.3 Å². The van der Waals surface area contributed by atoms with Gasteiger partial charge in [0.1, 0.15) is 16.8 Å². The van der Waals surface area contributed by atoms with Crippen LogP contribution in [0.3, 0.4) is 0 Å². The van der Waals surface area contributed by atoms with Crippen LogP contribution in [0.1, 0.15) is 55.0 Å². The Labute approximate surface area is 187 Å². The molecule has 1 aromatic carbocycles. The first-order chi connectivity index (χ1) is 14.4. The normalized spacial score (nSPS) is 14.6. The molecule has 0 saturated carbocycles. The van der Waals surface area contributed by atoms with Gasteiger partial charge in [0.25, 0.3) is 0 Å². The molecule has 30 heavy (non-hydrogen) atoms. The first-order valence-corrected chi connectivity index (χ1v) is 11.4. The summed E-state index contributed by atoms with van der Waals surface area (Å²) in [5.74, 6) is 0.325. The van der Waals surface area contributed by atoms with Gasteiger partial charge in [0, 0.05) is 16.8 Å². The van der Waals surface area contributed by atoms with E-state index in [2.05, 4.69) is 11.4 Å². The molecule has 5 nitrogen and oxygen atoms in total. The number of ether oxygens (including phenoxy) is 1. The smallest absolute Gasteiger partial charge is 0.237 e. The Morgan fingerprint density at radius 3 is 2.70 bits per heavy atom. The van der Waals surface area contributed by atoms with E-state index in [0.29, 0.717) is 27.0 Å². The lowest BCUT2D eigenvalue weighted by atomic mass is 9.96. The Bertz CT molecular complexity index is 987. The molecule has 0 aliphatic heterocycles. The average Bonchev–Trinajstić information content (AvgIpc) is 2.71. The van der Waals surface area contributed by atoms with Crippen molar-refractivity contribution in [2.24, 2.45) is 0 Å². The molecule has 3 rings (SSSR count). The van der Waals surface area contributed by atoms with Crippen LogP contribution in [0.25, 0.3) is 0 Å². The van der Waals surface area contributed by atoms with Crippen LogP contribution in [0, 0.1) is 18.3 Å². The topological polar surface area (TPSA) is 75.0 Å². The summed E-state index contributed by atoms with van der Waals surface area (Å²) in [6.07, 6.45) is 6.58. The van der Waals surface area contributed by atoms with Crippen molar-refractivity contribution in [1.29, 1.82) is 5.26 Å². The van der Waals surface area contributed by atoms with Crippen molar-refractivity contribution in [2.45, 2.75) is 62.6 Å². The number of nitrogens with one attached hydrogen (secondary N) is 1. The summed E-state index contributed by atoms with van der Waals surface area (Å²) >= 11 is 7.46. The number of rotatable bonds is 5. The highest BCUT2D eigenvalue weighted by atomic mass is 35.5. The molecule has 1 aliphatic carbocycles. The van der Waals surface area contributed by atoms with Gasteiger partial charge in [-0.1, -0.05) is 36.2 Å². The van der Waals surface area contributed by atoms with E-state index in [-0.39, 0.29) is 5.91 Å². The molecule has 0 saturated heterocycles. The lowest BCUT2D eigenvalue weighted by Crippen LogP contribution is -2.23. The number of hydrogen-bond donors (Lipinski definition) is 1. The van der Waals surface area contributed by atoms with Crippen LogP contribution < -0.4 is 10.1 Å². The fourth-order valence-corrected chi connectivity index (χ4v) is 4.57. The molecule has 0 radical (unpaired) electrons. The molecular formula is C23H26ClN3O2S. The number of thioether (sulfide) groups is 1. The number of aryl methyl sites for hydroxylation is 3. The number of nitriles is 1. The third-order valence-corrected chi connectivity index (χ3v) is 6.79. The third-order valence-electron chi connectivity index (χ3n) is 5.28. The summed E-state index contributed by atoms with van der Waals surface area (Å²) in [6.45, 7) is 3.69. The van der Waals surface area contributed by atoms with Gasteiger partial charge in [0.05, 0.1) is 23.6 Å². The Kier molecular flexibility index (Phi) is 7.63. The number of amides is 1. The summed E-state index contributed by atoms with van der Waals surface area (Å²) in [4.78, 5) is 17.6. The second kappa shape index (κ2) is 10.2. The number of pyridine rings is 1. The van der Waals surface area contributed by atoms with Crippen molar-refractivity contribution in [3.05, 3.63) is 45.6 Å². The van der Waals surface area contributed by atoms with E-state index in [9.17, 15) is 10.1 Å². The summed E-state index contributed by atoms with van der Waals surface area (Å²) in [6, 6.07) is 7.70. The molecule has 1 unspecified atom stereocenters. The molecule has 1 heterocycles. The number of aromatic nitrogens is 1. The lowest BCUT2D eigenvalue weighted by molar-refractivity contribution is -0.115. The van der Waals surface area contributed by atoms with Crippen LogP contribution in [-0.4, -0.2) is 23.3 Å². The van der Waals surface area contributed by atoms with Crippen LogP contribution in [-0.2, 0) is 17.6 Å². The molecular weight excluding hydrogens is 418 g/mol. The minimum Gasteiger partial charge on any atom is -0.495 e. The quantitative estimate of drug-likeness (QED) is 0.599. The van der Waals surface area contributed by atoms with Crippen LogP contribution in [0.2, 0.25) is 5.02 Å². The minimum absolute atomic E-state index is 0.183. The van der Waals surface area contributed by atoms with Crippen molar-refractivity contribution in [1.82, 2.24) is 4.98 Å². The Morgan fingerprint density at radius 1 is 1.27 bits per heavy atom. The number of benzene rings is 1. The van der Waals surface area contributed by atoms with E-state index < -0.39 is 5.25 Å². The van der Waals surface area contributed by atoms with Crippen LogP contribution >= 0.6 is 23.4 Å². The average molecular weight is 444 g/mol. The predicted molar refractivity (Wildman–Crippen MR) is 122 cm³/mol. The van der Waals surface area contributed by atoms with Gasteiger partial charge in [-0.05, 0) is 62.8 Å². The molecule has 0 spiro atoms. The first-order valence-electron chi connectivity index (χ1n) is 10.2. The maximum Gasteiger partial charge on any atom is 0.237 e. The van der Waals surface area contributed by atoms with Gasteiger partial charge >= 0.3 is 0 Å². The number of hydrogen-bond acceptors (Lipinski definition) is 5. The summed E-state index contributed by atoms with van der Waals surface area (Å²) in [7, 11) is 1.54. The van der Waals surface area contributed by atoms with Gasteiger partial charge in [-0.15, -0.1) is 0 Å². The van der Waals surface area contributed by atoms with Crippen molar-refractivity contribution < 1.29 is 9.53 Å². The number of nitrogens with zero attached hydrogens (tertiary/aromatic N) is 2. The summed E-state index contributed by atoms with van der Waals surface area (Å²) in [5, 5.41) is 13.3. The maximum absolute atomic E-state index is 12.8. The molecule has 0 fully saturated rings. The second-order valence-corrected chi connectivity index (χ2v) is 9.26. The van der Waals surface area contributed by atoms with Crippen molar-refractivity contribution >= 4 is 35.0 Å². The zero-order chi connectivity index (χ0) is 21.7. The number of carbonyl (C=O) groups excluding carboxylic acids is 1. The van der Waals surface area contributed by atoms with E-state index >= 15 is 0 Å². The van der Waals surface area contributed by atoms with E-state index in [0.717, 1.165) is 36.9 Å². The molecule has 1 N–H and O–H groups in total. The van der Waals surface area contributed by atoms with Crippen LogP contribution in [0.4, 0.5) is 5.69 Å². The van der Waals surface area contributed by atoms with Crippen LogP contribution in [0.15, 0.2) is 23.2 Å². The van der Waals surface area contributed by atoms with Crippen LogP contribution in [0.5, 0.6) is 5.75 Å². The molecule has 2 aromatic rings. The fourth-order valence-electron chi connectivity index (χ4n) is 3.52. The van der Waals surface area contributed by atoms with Gasteiger partial charge < -0.3 is 10.1 Å². The number of carbonyl (C=O) groups is 1. The SMILES string of the molecule is COc1cc(Cl)c(C)cc1NC(=O)C(C)Sc1nc2c(cc1C#N)CCCCCC2. The summed E-state index contributed by atoms with van der Waals surface area (Å²) < 4.78 is 5.34. The highest BCUT2D eigenvalue weighted by Crippen LogP contribution is 2.33. The van der Waals surface area contributed by atoms with Gasteiger partial charge in [-0.3, -0.25) is 4.79 Å². The molecule has 1 atom stereocenters. The van der Waals surface area contributed by atoms with Gasteiger partial charge in [0.15, 0.2) is 0 Å². The van der Waals surface area contributed by atoms with E-state index in [1.54, 1.807) is 12.1 Å². The number of anilines is 1. The van der Waals surface area contributed by atoms with Crippen molar-refractivity contribution in [2.75, 3.05) is 12.4 Å². The molecule has 7 heteroatoms. The fraction of sp³-hybridized carbons (Fsp3) is 0.435. The van der Waals surface area contributed by atoms with Gasteiger partial charge in [0.2, 0.25) is 5.91 Å². The molecule has 158 valence electrons. The number of methoxy groups -OCH3 is 1. The van der Waals surface area contributed by atoms with E-state index in [1.165, 1.54) is 37.3 Å². The summed E-state index contributed by atoms with van der Waals surface area (Å²) in [5.41, 5.74) is 4.21. The highest BCUT2D eigenvalue weighted by molar-refractivity contribution is 8.00. The Balaban J connectivity index is 1.79. The third kappa shape index (κ3) is 5.27. The molecule has 1 aromatic heterocycles. The zero-order valence-corrected chi connectivity index (χ0v) is 19.1. The molecule has 1 amide bonds. The number of halogens is 1. The number of fused-ring (bicyclic) bond motifs is 1. The first kappa shape index (κ1) is 22.5. The standard InChI is InChI=1S/C23H26ClN3O2S/c1-14-10-20(21(29-3)12-18(14)24)26-22(28)15(2)30-23-17(13-25)11-16-8-6-4-5-7-9-19(16)27-23/h10-12,15H,4-9H2,1-3H3,(H,26,28). The lowest BCUT2D eigenvalue weighted by Gasteiger charge is -2.18. The Morgan fingerprint density at radius 2 is 2.00 bits per heavy atom. The zero-order valence-electron chi connectivity index (χ0n) is 17.5. The Hall–Kier alpha value is -2.23. The molecule has 1 aliphatic rings. The van der Waals surface area contributed by atoms with E-state index in [1.807, 2.05) is 19.9 Å². The van der Waals surface area contributed by atoms with Crippen molar-refractivity contribution in [3.8, 4) is 11.8 Å². The largest absolute Gasteiger partial charge is 0.495 e. The molecule has 0 bridgehead atoms.